The largest absolute Gasteiger partial charge is 0.493 e. The lowest BCUT2D eigenvalue weighted by molar-refractivity contribution is -0.118. The van der Waals surface area contributed by atoms with Crippen molar-refractivity contribution in [1.82, 2.24) is 0 Å². The van der Waals surface area contributed by atoms with Gasteiger partial charge < -0.3 is 30.0 Å². The Balaban J connectivity index is 1.79. The molecule has 172 valence electrons. The molecular formula is C25H26N2O6. The quantitative estimate of drug-likeness (QED) is 0.460. The van der Waals surface area contributed by atoms with E-state index in [1.807, 2.05) is 30.3 Å². The summed E-state index contributed by atoms with van der Waals surface area (Å²) in [6.07, 6.45) is 0.0706. The number of nitrogens with one attached hydrogen (secondary N) is 1. The highest BCUT2D eigenvalue weighted by Gasteiger charge is 2.19. The molecule has 0 saturated carbocycles. The molecule has 0 unspecified atom stereocenters. The predicted molar refractivity (Wildman–Crippen MR) is 124 cm³/mol. The Hall–Kier alpha value is -4.20. The number of carbonyl (C=O) groups excluding carboxylic acids is 2. The second-order valence-electron chi connectivity index (χ2n) is 7.00. The van der Waals surface area contributed by atoms with E-state index in [4.69, 9.17) is 24.7 Å². The molecule has 3 aromatic rings. The van der Waals surface area contributed by atoms with Gasteiger partial charge in [0.05, 0.1) is 32.9 Å². The third-order valence-electron chi connectivity index (χ3n) is 4.69. The minimum absolute atomic E-state index is 0.0706. The number of primary amides is 1. The second kappa shape index (κ2) is 11.4. The third-order valence-corrected chi connectivity index (χ3v) is 4.69. The van der Waals surface area contributed by atoms with Gasteiger partial charge in [0.2, 0.25) is 11.7 Å². The van der Waals surface area contributed by atoms with Crippen LogP contribution in [-0.4, -0.2) is 32.6 Å². The van der Waals surface area contributed by atoms with Crippen LogP contribution in [-0.2, 0) is 11.4 Å². The molecule has 0 bridgehead atoms. The van der Waals surface area contributed by atoms with Crippen LogP contribution in [0.1, 0.15) is 22.3 Å². The number of carbonyl (C=O) groups is 2. The zero-order valence-electron chi connectivity index (χ0n) is 18.5. The summed E-state index contributed by atoms with van der Waals surface area (Å²) >= 11 is 0. The summed E-state index contributed by atoms with van der Waals surface area (Å²) in [6.45, 7) is 0.423. The van der Waals surface area contributed by atoms with Gasteiger partial charge in [0.1, 0.15) is 12.4 Å². The maximum atomic E-state index is 13.0. The van der Waals surface area contributed by atoms with Crippen LogP contribution in [0.15, 0.2) is 66.7 Å². The Bertz CT molecular complexity index is 1080. The van der Waals surface area contributed by atoms with E-state index in [1.54, 1.807) is 36.4 Å². The number of hydrogen-bond acceptors (Lipinski definition) is 6. The summed E-state index contributed by atoms with van der Waals surface area (Å²) in [4.78, 5) is 23.9. The number of ether oxygens (including phenoxy) is 4. The SMILES string of the molecule is COc1cc(C(=O)Nc2ccccc2OCCC(N)=O)cc(OC)c1OCc1ccccc1. The van der Waals surface area contributed by atoms with Crippen molar-refractivity contribution >= 4 is 17.5 Å². The third kappa shape index (κ3) is 6.39. The van der Waals surface area contributed by atoms with E-state index in [-0.39, 0.29) is 13.0 Å². The predicted octanol–water partition coefficient (Wildman–Crippen LogP) is 3.79. The molecule has 0 aliphatic carbocycles. The summed E-state index contributed by atoms with van der Waals surface area (Å²) in [5, 5.41) is 2.81. The molecule has 0 heterocycles. The summed E-state index contributed by atoms with van der Waals surface area (Å²) in [6, 6.07) is 19.8. The molecule has 2 amide bonds. The minimum Gasteiger partial charge on any atom is -0.493 e. The van der Waals surface area contributed by atoms with E-state index in [0.717, 1.165) is 5.56 Å². The van der Waals surface area contributed by atoms with Crippen molar-refractivity contribution in [3.63, 3.8) is 0 Å². The number of anilines is 1. The zero-order valence-corrected chi connectivity index (χ0v) is 18.5. The van der Waals surface area contributed by atoms with Crippen LogP contribution in [0, 0.1) is 0 Å². The molecule has 33 heavy (non-hydrogen) atoms. The first kappa shape index (κ1) is 23.5. The van der Waals surface area contributed by atoms with Crippen molar-refractivity contribution in [2.24, 2.45) is 5.73 Å². The van der Waals surface area contributed by atoms with E-state index < -0.39 is 11.8 Å². The van der Waals surface area contributed by atoms with Crippen LogP contribution in [0.3, 0.4) is 0 Å². The maximum Gasteiger partial charge on any atom is 0.256 e. The van der Waals surface area contributed by atoms with Crippen molar-refractivity contribution in [3.05, 3.63) is 77.9 Å². The van der Waals surface area contributed by atoms with Crippen LogP contribution < -0.4 is 30.0 Å². The molecule has 8 heteroatoms. The summed E-state index contributed by atoms with van der Waals surface area (Å²) < 4.78 is 22.4. The Morgan fingerprint density at radius 3 is 2.12 bits per heavy atom. The van der Waals surface area contributed by atoms with E-state index in [0.29, 0.717) is 40.9 Å². The van der Waals surface area contributed by atoms with E-state index in [2.05, 4.69) is 5.32 Å². The normalized spacial score (nSPS) is 10.2. The number of nitrogens with two attached hydrogens (primary N) is 1. The Labute approximate surface area is 192 Å². The van der Waals surface area contributed by atoms with Crippen LogP contribution in [0.4, 0.5) is 5.69 Å². The van der Waals surface area contributed by atoms with Gasteiger partial charge in [-0.3, -0.25) is 9.59 Å². The van der Waals surface area contributed by atoms with E-state index in [9.17, 15) is 9.59 Å². The number of amides is 2. The lowest BCUT2D eigenvalue weighted by Crippen LogP contribution is -2.16. The maximum absolute atomic E-state index is 13.0. The average molecular weight is 450 g/mol. The molecule has 0 saturated heterocycles. The Morgan fingerprint density at radius 1 is 0.848 bits per heavy atom. The van der Waals surface area contributed by atoms with Gasteiger partial charge in [-0.15, -0.1) is 0 Å². The molecule has 0 radical (unpaired) electrons. The van der Waals surface area contributed by atoms with Crippen LogP contribution in [0.25, 0.3) is 0 Å². The number of para-hydroxylation sites is 2. The van der Waals surface area contributed by atoms with Gasteiger partial charge in [0.15, 0.2) is 11.5 Å². The van der Waals surface area contributed by atoms with Crippen LogP contribution in [0.5, 0.6) is 23.0 Å². The van der Waals surface area contributed by atoms with Crippen molar-refractivity contribution in [2.45, 2.75) is 13.0 Å². The molecule has 0 spiro atoms. The first-order valence-corrected chi connectivity index (χ1v) is 10.3. The molecule has 0 aliphatic rings. The fraction of sp³-hybridized carbons (Fsp3) is 0.200. The molecule has 0 aliphatic heterocycles. The van der Waals surface area contributed by atoms with Gasteiger partial charge >= 0.3 is 0 Å². The first-order chi connectivity index (χ1) is 16.0. The summed E-state index contributed by atoms with van der Waals surface area (Å²) in [5.74, 6) is 0.685. The lowest BCUT2D eigenvalue weighted by atomic mass is 10.1. The Kier molecular flexibility index (Phi) is 8.13. The zero-order chi connectivity index (χ0) is 23.6. The number of benzene rings is 3. The van der Waals surface area contributed by atoms with Gasteiger partial charge in [0.25, 0.3) is 5.91 Å². The standard InChI is InChI=1S/C25H26N2O6/c1-30-21-14-18(15-22(31-2)24(21)33-16-17-8-4-3-5-9-17)25(29)27-19-10-6-7-11-20(19)32-13-12-23(26)28/h3-11,14-15H,12-13,16H2,1-2H3,(H2,26,28)(H,27,29). The molecule has 8 nitrogen and oxygen atoms in total. The van der Waals surface area contributed by atoms with Crippen molar-refractivity contribution in [2.75, 3.05) is 26.1 Å². The van der Waals surface area contributed by atoms with Gasteiger partial charge in [-0.05, 0) is 29.8 Å². The van der Waals surface area contributed by atoms with Gasteiger partial charge in [-0.2, -0.15) is 0 Å². The number of rotatable bonds is 11. The lowest BCUT2D eigenvalue weighted by Gasteiger charge is -2.17. The molecule has 0 fully saturated rings. The second-order valence-corrected chi connectivity index (χ2v) is 7.00. The van der Waals surface area contributed by atoms with Crippen molar-refractivity contribution < 1.29 is 28.5 Å². The van der Waals surface area contributed by atoms with E-state index in [1.165, 1.54) is 14.2 Å². The van der Waals surface area contributed by atoms with Gasteiger partial charge in [-0.1, -0.05) is 42.5 Å². The van der Waals surface area contributed by atoms with Gasteiger partial charge in [0, 0.05) is 5.56 Å². The highest BCUT2D eigenvalue weighted by Crippen LogP contribution is 2.39. The fourth-order valence-corrected chi connectivity index (χ4v) is 3.03. The fourth-order valence-electron chi connectivity index (χ4n) is 3.03. The number of methoxy groups -OCH3 is 2. The van der Waals surface area contributed by atoms with Gasteiger partial charge in [-0.25, -0.2) is 0 Å². The topological polar surface area (TPSA) is 109 Å². The van der Waals surface area contributed by atoms with Crippen molar-refractivity contribution in [3.8, 4) is 23.0 Å². The molecular weight excluding hydrogens is 424 g/mol. The molecule has 3 rings (SSSR count). The molecule has 0 aromatic heterocycles. The highest BCUT2D eigenvalue weighted by atomic mass is 16.5. The highest BCUT2D eigenvalue weighted by molar-refractivity contribution is 6.05. The summed E-state index contributed by atoms with van der Waals surface area (Å²) in [5.41, 5.74) is 6.89. The van der Waals surface area contributed by atoms with Crippen LogP contribution in [0.2, 0.25) is 0 Å². The summed E-state index contributed by atoms with van der Waals surface area (Å²) in [7, 11) is 2.99. The Morgan fingerprint density at radius 2 is 1.48 bits per heavy atom. The monoisotopic (exact) mass is 450 g/mol. The van der Waals surface area contributed by atoms with Crippen LogP contribution >= 0.6 is 0 Å². The molecule has 0 atom stereocenters. The number of hydrogen-bond donors (Lipinski definition) is 2. The van der Waals surface area contributed by atoms with E-state index >= 15 is 0 Å². The smallest absolute Gasteiger partial charge is 0.256 e. The van der Waals surface area contributed by atoms with Crippen molar-refractivity contribution in [1.29, 1.82) is 0 Å². The minimum atomic E-state index is -0.467. The first-order valence-electron chi connectivity index (χ1n) is 10.3. The average Bonchev–Trinajstić information content (AvgIpc) is 2.83. The molecule has 3 aromatic carbocycles. The molecule has 3 N–H and O–H groups in total.